The van der Waals surface area contributed by atoms with E-state index in [1.54, 1.807) is 7.05 Å². The molecule has 1 aromatic carbocycles. The molecule has 0 bridgehead atoms. The predicted molar refractivity (Wildman–Crippen MR) is 115 cm³/mol. The second-order valence-electron chi connectivity index (χ2n) is 6.58. The Kier molecular flexibility index (Phi) is 9.85. The molecule has 0 aliphatic heterocycles. The molecule has 1 saturated carbocycles. The first-order chi connectivity index (χ1) is 11.6. The van der Waals surface area contributed by atoms with Crippen molar-refractivity contribution in [1.29, 1.82) is 0 Å². The van der Waals surface area contributed by atoms with Gasteiger partial charge in [-0.1, -0.05) is 19.1 Å². The van der Waals surface area contributed by atoms with Crippen molar-refractivity contribution < 1.29 is 4.79 Å². The normalized spacial score (nSPS) is 20.4. The number of halogens is 1. The van der Waals surface area contributed by atoms with Crippen LogP contribution in [0.2, 0.25) is 0 Å². The molecule has 25 heavy (non-hydrogen) atoms. The lowest BCUT2D eigenvalue weighted by Crippen LogP contribution is -2.44. The molecule has 0 heterocycles. The second kappa shape index (κ2) is 11.3. The minimum absolute atomic E-state index is 0. The summed E-state index contributed by atoms with van der Waals surface area (Å²) in [7, 11) is 1.64. The lowest BCUT2D eigenvalue weighted by Gasteiger charge is -2.28. The third-order valence-electron chi connectivity index (χ3n) is 4.54. The van der Waals surface area contributed by atoms with Gasteiger partial charge in [0.15, 0.2) is 5.96 Å². The molecule has 1 aromatic rings. The van der Waals surface area contributed by atoms with Gasteiger partial charge in [-0.2, -0.15) is 0 Å². The van der Waals surface area contributed by atoms with Crippen LogP contribution in [0.25, 0.3) is 0 Å². The van der Waals surface area contributed by atoms with Crippen molar-refractivity contribution in [3.8, 4) is 0 Å². The van der Waals surface area contributed by atoms with Crippen molar-refractivity contribution >= 4 is 35.8 Å². The number of guanidine groups is 1. The van der Waals surface area contributed by atoms with Crippen LogP contribution >= 0.6 is 24.0 Å². The van der Waals surface area contributed by atoms with Crippen LogP contribution in [-0.4, -0.2) is 31.5 Å². The van der Waals surface area contributed by atoms with Crippen molar-refractivity contribution in [3.05, 3.63) is 35.4 Å². The highest BCUT2D eigenvalue weighted by molar-refractivity contribution is 14.0. The number of hydrogen-bond acceptors (Lipinski definition) is 2. The summed E-state index contributed by atoms with van der Waals surface area (Å²) in [5.74, 6) is 1.64. The van der Waals surface area contributed by atoms with Gasteiger partial charge in [0.2, 0.25) is 0 Å². The summed E-state index contributed by atoms with van der Waals surface area (Å²) in [4.78, 5) is 16.4. The van der Waals surface area contributed by atoms with E-state index in [2.05, 4.69) is 34.8 Å². The number of nitrogens with zero attached hydrogens (tertiary/aromatic N) is 1. The lowest BCUT2D eigenvalue weighted by atomic mass is 9.87. The van der Waals surface area contributed by atoms with Crippen molar-refractivity contribution in [1.82, 2.24) is 16.0 Å². The van der Waals surface area contributed by atoms with Crippen molar-refractivity contribution in [2.24, 2.45) is 10.9 Å². The first-order valence-electron chi connectivity index (χ1n) is 8.98. The Morgan fingerprint density at radius 2 is 1.96 bits per heavy atom. The van der Waals surface area contributed by atoms with E-state index in [9.17, 15) is 4.79 Å². The molecule has 1 aliphatic rings. The molecule has 140 valence electrons. The van der Waals surface area contributed by atoms with Gasteiger partial charge in [-0.3, -0.25) is 4.79 Å². The van der Waals surface area contributed by atoms with Gasteiger partial charge in [-0.15, -0.1) is 24.0 Å². The van der Waals surface area contributed by atoms with Crippen LogP contribution in [0.1, 0.15) is 55.5 Å². The van der Waals surface area contributed by atoms with Gasteiger partial charge in [0.1, 0.15) is 0 Å². The van der Waals surface area contributed by atoms with E-state index in [0.29, 0.717) is 18.2 Å². The molecule has 0 atom stereocenters. The van der Waals surface area contributed by atoms with Crippen LogP contribution in [0, 0.1) is 5.92 Å². The van der Waals surface area contributed by atoms with Crippen molar-refractivity contribution in [3.63, 3.8) is 0 Å². The fourth-order valence-corrected chi connectivity index (χ4v) is 3.04. The average molecular weight is 458 g/mol. The molecule has 1 aliphatic carbocycles. The molecule has 0 radical (unpaired) electrons. The first kappa shape index (κ1) is 21.7. The summed E-state index contributed by atoms with van der Waals surface area (Å²) in [5.41, 5.74) is 1.70. The summed E-state index contributed by atoms with van der Waals surface area (Å²) in [6.07, 6.45) is 4.98. The van der Waals surface area contributed by atoms with Gasteiger partial charge in [0, 0.05) is 25.2 Å². The minimum Gasteiger partial charge on any atom is -0.357 e. The Labute approximate surface area is 168 Å². The van der Waals surface area contributed by atoms with Gasteiger partial charge >= 0.3 is 0 Å². The largest absolute Gasteiger partial charge is 0.357 e. The molecular weight excluding hydrogens is 427 g/mol. The van der Waals surface area contributed by atoms with E-state index in [4.69, 9.17) is 0 Å². The van der Waals surface area contributed by atoms with Gasteiger partial charge in [-0.05, 0) is 56.2 Å². The maximum Gasteiger partial charge on any atom is 0.251 e. The summed E-state index contributed by atoms with van der Waals surface area (Å²) in [6.45, 7) is 5.80. The fraction of sp³-hybridized carbons (Fsp3) is 0.579. The maximum atomic E-state index is 11.7. The standard InChI is InChI=1S/C19H30N4O.HI/c1-4-21-19(23-17-10-8-14(2)9-11-17)22-13-15-6-5-7-16(12-15)18(24)20-3;/h5-7,12,14,17H,4,8-11,13H2,1-3H3,(H,20,24)(H2,21,22,23);1H. The summed E-state index contributed by atoms with van der Waals surface area (Å²) >= 11 is 0. The van der Waals surface area contributed by atoms with E-state index >= 15 is 0 Å². The van der Waals surface area contributed by atoms with E-state index < -0.39 is 0 Å². The van der Waals surface area contributed by atoms with Gasteiger partial charge in [0.05, 0.1) is 6.54 Å². The van der Waals surface area contributed by atoms with Crippen LogP contribution in [-0.2, 0) is 6.54 Å². The molecule has 0 unspecified atom stereocenters. The second-order valence-corrected chi connectivity index (χ2v) is 6.58. The van der Waals surface area contributed by atoms with Crippen LogP contribution < -0.4 is 16.0 Å². The van der Waals surface area contributed by atoms with Gasteiger partial charge < -0.3 is 16.0 Å². The molecule has 2 rings (SSSR count). The Balaban J connectivity index is 0.00000312. The quantitative estimate of drug-likeness (QED) is 0.361. The van der Waals surface area contributed by atoms with Crippen LogP contribution in [0.15, 0.2) is 29.3 Å². The van der Waals surface area contributed by atoms with Crippen molar-refractivity contribution in [2.45, 2.75) is 52.1 Å². The average Bonchev–Trinajstić information content (AvgIpc) is 2.61. The number of rotatable bonds is 5. The van der Waals surface area contributed by atoms with Crippen LogP contribution in [0.3, 0.4) is 0 Å². The molecule has 1 fully saturated rings. The minimum atomic E-state index is -0.0674. The lowest BCUT2D eigenvalue weighted by molar-refractivity contribution is 0.0963. The number of aliphatic imine (C=N–C) groups is 1. The Morgan fingerprint density at radius 1 is 1.24 bits per heavy atom. The highest BCUT2D eigenvalue weighted by atomic mass is 127. The number of amides is 1. The molecule has 1 amide bonds. The molecule has 0 saturated heterocycles. The van der Waals surface area contributed by atoms with E-state index in [-0.39, 0.29) is 29.9 Å². The molecule has 5 nitrogen and oxygen atoms in total. The third kappa shape index (κ3) is 7.22. The Hall–Kier alpha value is -1.31. The highest BCUT2D eigenvalue weighted by Gasteiger charge is 2.18. The number of benzene rings is 1. The Morgan fingerprint density at radius 3 is 2.60 bits per heavy atom. The zero-order valence-electron chi connectivity index (χ0n) is 15.5. The molecule has 0 aromatic heterocycles. The molecule has 6 heteroatoms. The van der Waals surface area contributed by atoms with E-state index in [1.165, 1.54) is 25.7 Å². The van der Waals surface area contributed by atoms with Crippen molar-refractivity contribution in [2.75, 3.05) is 13.6 Å². The Bertz CT molecular complexity index is 568. The third-order valence-corrected chi connectivity index (χ3v) is 4.54. The SMILES string of the molecule is CCNC(=NCc1cccc(C(=O)NC)c1)NC1CCC(C)CC1.I. The molecule has 0 spiro atoms. The zero-order valence-corrected chi connectivity index (χ0v) is 17.8. The van der Waals surface area contributed by atoms with E-state index in [0.717, 1.165) is 24.0 Å². The predicted octanol–water partition coefficient (Wildman–Crippen LogP) is 3.30. The number of hydrogen-bond donors (Lipinski definition) is 3. The number of carbonyl (C=O) groups is 1. The highest BCUT2D eigenvalue weighted by Crippen LogP contribution is 2.23. The summed E-state index contributed by atoms with van der Waals surface area (Å²) in [6, 6.07) is 8.13. The zero-order chi connectivity index (χ0) is 17.4. The van der Waals surface area contributed by atoms with Gasteiger partial charge in [-0.25, -0.2) is 4.99 Å². The van der Waals surface area contributed by atoms with Crippen LogP contribution in [0.4, 0.5) is 0 Å². The summed E-state index contributed by atoms with van der Waals surface area (Å²) in [5, 5.41) is 9.53. The molecule has 3 N–H and O–H groups in total. The number of nitrogens with one attached hydrogen (secondary N) is 3. The fourth-order valence-electron chi connectivity index (χ4n) is 3.04. The van der Waals surface area contributed by atoms with E-state index in [1.807, 2.05) is 24.3 Å². The monoisotopic (exact) mass is 458 g/mol. The summed E-state index contributed by atoms with van der Waals surface area (Å²) < 4.78 is 0. The first-order valence-corrected chi connectivity index (χ1v) is 8.98. The van der Waals surface area contributed by atoms with Crippen LogP contribution in [0.5, 0.6) is 0 Å². The number of carbonyl (C=O) groups excluding carboxylic acids is 1. The topological polar surface area (TPSA) is 65.5 Å². The molecular formula is C19H31IN4O. The van der Waals surface area contributed by atoms with Gasteiger partial charge in [0.25, 0.3) is 5.91 Å². The smallest absolute Gasteiger partial charge is 0.251 e. The maximum absolute atomic E-state index is 11.7.